The van der Waals surface area contributed by atoms with E-state index in [9.17, 15) is 13.9 Å². The van der Waals surface area contributed by atoms with Crippen molar-refractivity contribution in [2.45, 2.75) is 60.9 Å². The van der Waals surface area contributed by atoms with Crippen molar-refractivity contribution in [1.82, 2.24) is 4.72 Å². The van der Waals surface area contributed by atoms with Crippen molar-refractivity contribution < 1.29 is 23.7 Å². The van der Waals surface area contributed by atoms with Crippen molar-refractivity contribution in [3.63, 3.8) is 0 Å². The number of unbranched alkanes of at least 4 members (excludes halogenated alkanes) is 1. The van der Waals surface area contributed by atoms with E-state index in [2.05, 4.69) is 23.5 Å². The molecule has 8 nitrogen and oxygen atoms in total. The monoisotopic (exact) mass is 509 g/mol. The first-order chi connectivity index (χ1) is 16.2. The number of nitrogens with one attached hydrogen (secondary N) is 1. The van der Waals surface area contributed by atoms with E-state index >= 15 is 0 Å². The second-order valence-corrected chi connectivity index (χ2v) is 11.1. The molecule has 0 amide bonds. The number of carboxylic acid groups (broad SMARTS) is 1. The molecule has 1 heterocycles. The Kier molecular flexibility index (Phi) is 8.77. The third-order valence-corrected chi connectivity index (χ3v) is 8.57. The lowest BCUT2D eigenvalue weighted by atomic mass is 9.89. The molecule has 0 fully saturated rings. The topological polar surface area (TPSA) is 128 Å². The molecule has 0 aliphatic carbocycles. The molecule has 0 spiro atoms. The molecule has 34 heavy (non-hydrogen) atoms. The van der Waals surface area contributed by atoms with Gasteiger partial charge in [-0.15, -0.1) is 22.5 Å². The van der Waals surface area contributed by atoms with Gasteiger partial charge >= 0.3 is 5.97 Å². The molecule has 6 N–H and O–H groups in total. The fourth-order valence-electron chi connectivity index (χ4n) is 4.11. The molecule has 0 saturated heterocycles. The first-order valence-corrected chi connectivity index (χ1v) is 14.2. The Labute approximate surface area is 207 Å². The highest BCUT2D eigenvalue weighted by Crippen LogP contribution is 2.57. The van der Waals surface area contributed by atoms with Crippen LogP contribution in [0.25, 0.3) is 0 Å². The van der Waals surface area contributed by atoms with Crippen molar-refractivity contribution in [2.24, 2.45) is 5.73 Å². The van der Waals surface area contributed by atoms with Gasteiger partial charge in [0.05, 0.1) is 16.1 Å². The zero-order valence-electron chi connectivity index (χ0n) is 19.9. The number of nitrogens with two attached hydrogens (primary N) is 1. The number of nitrogens with zero attached hydrogens (tertiary/aromatic N) is 1. The third kappa shape index (κ3) is 5.81. The highest BCUT2D eigenvalue weighted by Gasteiger charge is 2.41. The number of anilines is 2. The average Bonchev–Trinajstić information content (AvgIpc) is 2.93. The first kappa shape index (κ1) is 26.7. The number of fused-ring (bicyclic) bond motifs is 1. The van der Waals surface area contributed by atoms with Gasteiger partial charge < -0.3 is 20.5 Å². The van der Waals surface area contributed by atoms with Crippen LogP contribution in [-0.4, -0.2) is 51.2 Å². The van der Waals surface area contributed by atoms with E-state index in [1.54, 1.807) is 6.07 Å². The molecule has 1 aliphatic heterocycles. The molecule has 0 bridgehead atoms. The molecular weight excluding hydrogens is 474 g/mol. The number of carbonyl (C=O) groups is 1. The number of benzene rings is 2. The normalized spacial score (nSPS) is 21.3. The van der Waals surface area contributed by atoms with Crippen molar-refractivity contribution in [3.8, 4) is 5.75 Å². The highest BCUT2D eigenvalue weighted by atomic mass is 32.3. The number of thioether (sulfide) groups is 1. The van der Waals surface area contributed by atoms with E-state index < -0.39 is 28.3 Å². The fourth-order valence-corrected chi connectivity index (χ4v) is 6.42. The van der Waals surface area contributed by atoms with Gasteiger partial charge in [-0.2, -0.15) is 0 Å². The predicted molar refractivity (Wildman–Crippen MR) is 140 cm³/mol. The summed E-state index contributed by atoms with van der Waals surface area (Å²) in [6, 6.07) is 12.2. The molecule has 0 aromatic heterocycles. The van der Waals surface area contributed by atoms with Crippen molar-refractivity contribution in [3.05, 3.63) is 42.5 Å². The Morgan fingerprint density at radius 2 is 2.00 bits per heavy atom. The summed E-state index contributed by atoms with van der Waals surface area (Å²) < 4.78 is 31.8. The van der Waals surface area contributed by atoms with Crippen LogP contribution in [0.15, 0.2) is 52.3 Å². The smallest absolute Gasteiger partial charge is 0.324 e. The summed E-state index contributed by atoms with van der Waals surface area (Å²) in [7, 11) is -3.40. The van der Waals surface area contributed by atoms with Crippen LogP contribution in [0, 0.1) is 0 Å². The Bertz CT molecular complexity index is 992. The summed E-state index contributed by atoms with van der Waals surface area (Å²) in [6.07, 6.45) is 5.35. The van der Waals surface area contributed by atoms with Crippen LogP contribution in [0.3, 0.4) is 0 Å². The maximum Gasteiger partial charge on any atom is 0.324 e. The Morgan fingerprint density at radius 3 is 2.59 bits per heavy atom. The van der Waals surface area contributed by atoms with Crippen LogP contribution < -0.4 is 20.1 Å². The van der Waals surface area contributed by atoms with Gasteiger partial charge in [0.1, 0.15) is 23.3 Å². The van der Waals surface area contributed by atoms with Gasteiger partial charge in [0, 0.05) is 18.3 Å². The van der Waals surface area contributed by atoms with E-state index in [0.717, 1.165) is 29.8 Å². The SMILES string of the molecule is CCCC[C@@]1(CC)CN(c2ccccc2)c2cc(SC)c(OC[C@@H](N)C(=O)O)cc2S(O)(O)N1. The number of hydrogen-bond donors (Lipinski definition) is 5. The zero-order chi connectivity index (χ0) is 24.9. The molecule has 2 aromatic carbocycles. The van der Waals surface area contributed by atoms with E-state index in [0.29, 0.717) is 29.3 Å². The maximum atomic E-state index is 11.4. The molecule has 0 unspecified atom stereocenters. The molecular formula is C24H35N3O5S2. The minimum absolute atomic E-state index is 0.230. The molecule has 0 saturated carbocycles. The van der Waals surface area contributed by atoms with Crippen LogP contribution in [0.1, 0.15) is 39.5 Å². The standard InChI is InChI=1S/C24H35N3O5S2/c1-4-6-12-24(5-2)16-27(17-10-8-7-9-11-17)19-13-21(33-3)20(32-15-18(25)23(28)29)14-22(19)34(30,31)26-24/h7-11,13-14,18,26,30-31H,4-6,12,15-16,25H2,1-3H3,(H,28,29)/t18-,24+/m1/s1. The lowest BCUT2D eigenvalue weighted by molar-refractivity contribution is -0.139. The Balaban J connectivity index is 2.16. The number of ether oxygens (including phenoxy) is 1. The molecule has 2 atom stereocenters. The van der Waals surface area contributed by atoms with Gasteiger partial charge in [-0.1, -0.05) is 44.9 Å². The molecule has 3 rings (SSSR count). The van der Waals surface area contributed by atoms with Crippen LogP contribution in [-0.2, 0) is 4.79 Å². The van der Waals surface area contributed by atoms with Gasteiger partial charge in [-0.25, -0.2) is 4.72 Å². The van der Waals surface area contributed by atoms with Crippen LogP contribution >= 0.6 is 22.5 Å². The number of aliphatic carboxylic acids is 1. The van der Waals surface area contributed by atoms with Crippen LogP contribution in [0.5, 0.6) is 5.75 Å². The molecule has 188 valence electrons. The Morgan fingerprint density at radius 1 is 1.29 bits per heavy atom. The van der Waals surface area contributed by atoms with Crippen LogP contribution in [0.4, 0.5) is 11.4 Å². The highest BCUT2D eigenvalue weighted by molar-refractivity contribution is 8.22. The van der Waals surface area contributed by atoms with Gasteiger partial charge in [0.2, 0.25) is 0 Å². The lowest BCUT2D eigenvalue weighted by Crippen LogP contribution is -2.51. The maximum absolute atomic E-state index is 11.4. The van der Waals surface area contributed by atoms with E-state index in [4.69, 9.17) is 15.6 Å². The van der Waals surface area contributed by atoms with Crippen molar-refractivity contribution in [1.29, 1.82) is 0 Å². The van der Waals surface area contributed by atoms with Gasteiger partial charge in [-0.05, 0) is 37.3 Å². The van der Waals surface area contributed by atoms with Gasteiger partial charge in [0.15, 0.2) is 0 Å². The number of carboxylic acids is 1. The molecule has 0 radical (unpaired) electrons. The predicted octanol–water partition coefficient (Wildman–Crippen LogP) is 5.30. The average molecular weight is 510 g/mol. The summed E-state index contributed by atoms with van der Waals surface area (Å²) >= 11 is 1.44. The molecule has 10 heteroatoms. The summed E-state index contributed by atoms with van der Waals surface area (Å²) in [4.78, 5) is 14.4. The van der Waals surface area contributed by atoms with E-state index in [1.165, 1.54) is 11.8 Å². The third-order valence-electron chi connectivity index (χ3n) is 6.15. The summed E-state index contributed by atoms with van der Waals surface area (Å²) in [5, 5.41) is 9.11. The summed E-state index contributed by atoms with van der Waals surface area (Å²) in [5.41, 5.74) is 6.74. The number of para-hydroxylation sites is 1. The van der Waals surface area contributed by atoms with Crippen molar-refractivity contribution in [2.75, 3.05) is 24.3 Å². The second-order valence-electron chi connectivity index (χ2n) is 8.54. The van der Waals surface area contributed by atoms with Gasteiger partial charge in [0.25, 0.3) is 0 Å². The fraction of sp³-hybridized carbons (Fsp3) is 0.458. The first-order valence-electron chi connectivity index (χ1n) is 11.4. The largest absolute Gasteiger partial charge is 0.490 e. The summed E-state index contributed by atoms with van der Waals surface area (Å²) in [5.74, 6) is -0.791. The Hall–Kier alpha value is -1.95. The second kappa shape index (κ2) is 11.2. The minimum Gasteiger partial charge on any atom is -0.490 e. The zero-order valence-corrected chi connectivity index (χ0v) is 21.5. The quantitative estimate of drug-likeness (QED) is 0.271. The molecule has 1 aliphatic rings. The van der Waals surface area contributed by atoms with E-state index in [1.807, 2.05) is 42.7 Å². The van der Waals surface area contributed by atoms with Gasteiger partial charge in [-0.3, -0.25) is 13.9 Å². The lowest BCUT2D eigenvalue weighted by Gasteiger charge is -2.42. The number of hydrogen-bond acceptors (Lipinski definition) is 8. The van der Waals surface area contributed by atoms with E-state index in [-0.39, 0.29) is 6.61 Å². The van der Waals surface area contributed by atoms with Crippen molar-refractivity contribution >= 4 is 39.9 Å². The summed E-state index contributed by atoms with van der Waals surface area (Å²) in [6.45, 7) is 4.52. The number of rotatable bonds is 10. The minimum atomic E-state index is -3.40. The molecule has 2 aromatic rings. The van der Waals surface area contributed by atoms with Crippen LogP contribution in [0.2, 0.25) is 0 Å².